The number of hydrogen-bond acceptors (Lipinski definition) is 8. The highest BCUT2D eigenvalue weighted by Crippen LogP contribution is 2.22. The van der Waals surface area contributed by atoms with Gasteiger partial charge in [0, 0.05) is 6.42 Å². The quantitative estimate of drug-likeness (QED) is 0.0263. The van der Waals surface area contributed by atoms with Gasteiger partial charge in [-0.25, -0.2) is 0 Å². The summed E-state index contributed by atoms with van der Waals surface area (Å²) in [5.74, 6) is -0.227. The van der Waals surface area contributed by atoms with E-state index in [9.17, 15) is 30.3 Å². The third-order valence-corrected chi connectivity index (χ3v) is 11.0. The molecule has 0 bridgehead atoms. The van der Waals surface area contributed by atoms with Crippen molar-refractivity contribution in [3.8, 4) is 0 Å². The standard InChI is InChI=1S/C57H91NO8/c1-3-5-7-9-11-13-15-17-18-19-20-21-22-23-24-25-26-27-28-29-30-31-32-33-34-35-37-39-41-43-45-47-53(61)58-50(49-65-57-56(64)55(63)54(62)52(48-59)66-57)51(60)46-44-42-40-38-36-16-14-12-10-8-6-4-2/h5,7,11,13,17-18,20-21,23-24,26-27,29-30,32-33,35-38,44,46,50-52,54-57,59-60,62-64H,3-4,6,8-10,12,14-16,19,22,25,28,31,34,39-43,45,47-49H2,1-2H3,(H,58,61)/b7-5-,13-11-,18-17-,21-20-,24-23-,27-26-,30-29-,33-32-,37-35-,38-36+,46-44+. The number of aliphatic hydroxyl groups excluding tert-OH is 5. The van der Waals surface area contributed by atoms with E-state index in [1.807, 2.05) is 6.08 Å². The predicted octanol–water partition coefficient (Wildman–Crippen LogP) is 11.8. The van der Waals surface area contributed by atoms with Crippen LogP contribution in [-0.4, -0.2) is 87.5 Å². The van der Waals surface area contributed by atoms with Gasteiger partial charge >= 0.3 is 0 Å². The maximum Gasteiger partial charge on any atom is 0.220 e. The van der Waals surface area contributed by atoms with Gasteiger partial charge in [-0.3, -0.25) is 4.79 Å². The summed E-state index contributed by atoms with van der Waals surface area (Å²) in [5.41, 5.74) is 0. The number of amides is 1. The van der Waals surface area contributed by atoms with E-state index in [4.69, 9.17) is 9.47 Å². The molecule has 6 N–H and O–H groups in total. The van der Waals surface area contributed by atoms with Crippen molar-refractivity contribution < 1.29 is 39.8 Å². The number of hydrogen-bond donors (Lipinski definition) is 6. The molecule has 1 aliphatic heterocycles. The predicted molar refractivity (Wildman–Crippen MR) is 276 cm³/mol. The first-order chi connectivity index (χ1) is 32.3. The number of unbranched alkanes of at least 4 members (excludes halogenated alkanes) is 10. The van der Waals surface area contributed by atoms with Crippen LogP contribution >= 0.6 is 0 Å². The Morgan fingerprint density at radius 1 is 0.530 bits per heavy atom. The third kappa shape index (κ3) is 34.6. The topological polar surface area (TPSA) is 149 Å². The monoisotopic (exact) mass is 918 g/mol. The summed E-state index contributed by atoms with van der Waals surface area (Å²) in [4.78, 5) is 13.0. The number of allylic oxidation sites excluding steroid dienone is 21. The first kappa shape index (κ1) is 60.3. The van der Waals surface area contributed by atoms with Gasteiger partial charge in [-0.1, -0.05) is 186 Å². The summed E-state index contributed by atoms with van der Waals surface area (Å²) in [5, 5.41) is 54.2. The fraction of sp³-hybridized carbons (Fsp3) is 0.596. The maximum absolute atomic E-state index is 13.0. The van der Waals surface area contributed by atoms with Gasteiger partial charge in [0.05, 0.1) is 25.4 Å². The summed E-state index contributed by atoms with van der Waals surface area (Å²) < 4.78 is 11.2. The molecule has 7 unspecified atom stereocenters. The third-order valence-electron chi connectivity index (χ3n) is 11.0. The number of nitrogens with one attached hydrogen (secondary N) is 1. The van der Waals surface area contributed by atoms with Gasteiger partial charge in [0.25, 0.3) is 0 Å². The van der Waals surface area contributed by atoms with Crippen LogP contribution in [0.1, 0.15) is 162 Å². The Labute approximate surface area is 400 Å². The smallest absolute Gasteiger partial charge is 0.220 e. The molecule has 1 aliphatic rings. The van der Waals surface area contributed by atoms with E-state index < -0.39 is 49.5 Å². The summed E-state index contributed by atoms with van der Waals surface area (Å²) in [6.07, 6.45) is 62.2. The van der Waals surface area contributed by atoms with Crippen molar-refractivity contribution in [2.24, 2.45) is 0 Å². The molecule has 1 amide bonds. The van der Waals surface area contributed by atoms with Crippen molar-refractivity contribution in [1.29, 1.82) is 0 Å². The lowest BCUT2D eigenvalue weighted by molar-refractivity contribution is -0.302. The van der Waals surface area contributed by atoms with Crippen LogP contribution in [0.3, 0.4) is 0 Å². The zero-order valence-electron chi connectivity index (χ0n) is 40.9. The molecule has 0 aromatic rings. The Bertz CT molecular complexity index is 1480. The molecule has 372 valence electrons. The molecule has 9 nitrogen and oxygen atoms in total. The van der Waals surface area contributed by atoms with Gasteiger partial charge in [0.1, 0.15) is 24.4 Å². The van der Waals surface area contributed by atoms with Gasteiger partial charge < -0.3 is 40.3 Å². The second-order valence-corrected chi connectivity index (χ2v) is 16.9. The molecule has 1 rings (SSSR count). The summed E-state index contributed by atoms with van der Waals surface area (Å²) in [7, 11) is 0. The number of aliphatic hydroxyl groups is 5. The highest BCUT2D eigenvalue weighted by molar-refractivity contribution is 5.76. The average Bonchev–Trinajstić information content (AvgIpc) is 3.32. The van der Waals surface area contributed by atoms with E-state index >= 15 is 0 Å². The Kier molecular flexibility index (Phi) is 41.3. The molecule has 9 heteroatoms. The van der Waals surface area contributed by atoms with E-state index in [0.29, 0.717) is 6.42 Å². The lowest BCUT2D eigenvalue weighted by Gasteiger charge is -2.40. The molecule has 1 heterocycles. The van der Waals surface area contributed by atoms with Crippen LogP contribution in [0.5, 0.6) is 0 Å². The van der Waals surface area contributed by atoms with E-state index in [1.54, 1.807) is 6.08 Å². The van der Waals surface area contributed by atoms with Crippen molar-refractivity contribution in [2.45, 2.75) is 204 Å². The minimum absolute atomic E-state index is 0.224. The SMILES string of the molecule is CC/C=C\C/C=C\C/C=C\C/C=C\C/C=C\C/C=C\C/C=C\C/C=C\C/C=C\CCCCCC(=O)NC(COC1OC(CO)C(O)C(O)C1O)C(O)/C=C/CC/C=C/CCCCCCCC. The number of carbonyl (C=O) groups excluding carboxylic acids is 1. The van der Waals surface area contributed by atoms with Crippen molar-refractivity contribution in [2.75, 3.05) is 13.2 Å². The zero-order valence-corrected chi connectivity index (χ0v) is 40.9. The summed E-state index contributed by atoms with van der Waals surface area (Å²) >= 11 is 0. The molecular formula is C57H91NO8. The number of rotatable bonds is 40. The molecule has 0 aromatic heterocycles. The van der Waals surface area contributed by atoms with Gasteiger partial charge in [0.2, 0.25) is 5.91 Å². The van der Waals surface area contributed by atoms with Crippen LogP contribution in [0.2, 0.25) is 0 Å². The van der Waals surface area contributed by atoms with Crippen LogP contribution in [0.25, 0.3) is 0 Å². The van der Waals surface area contributed by atoms with Crippen LogP contribution in [0.4, 0.5) is 0 Å². The van der Waals surface area contributed by atoms with Crippen molar-refractivity contribution in [1.82, 2.24) is 5.32 Å². The van der Waals surface area contributed by atoms with E-state index in [1.165, 1.54) is 38.5 Å². The minimum Gasteiger partial charge on any atom is -0.394 e. The molecule has 0 saturated carbocycles. The highest BCUT2D eigenvalue weighted by atomic mass is 16.7. The molecule has 7 atom stereocenters. The Hall–Kier alpha value is -3.67. The Morgan fingerprint density at radius 3 is 1.45 bits per heavy atom. The molecular weight excluding hydrogens is 827 g/mol. The number of carbonyl (C=O) groups is 1. The second kappa shape index (κ2) is 45.1. The fourth-order valence-corrected chi connectivity index (χ4v) is 6.93. The lowest BCUT2D eigenvalue weighted by Crippen LogP contribution is -2.60. The first-order valence-electron chi connectivity index (χ1n) is 25.4. The van der Waals surface area contributed by atoms with Crippen LogP contribution in [0.15, 0.2) is 134 Å². The van der Waals surface area contributed by atoms with Crippen LogP contribution in [0, 0.1) is 0 Å². The molecule has 1 fully saturated rings. The average molecular weight is 918 g/mol. The van der Waals surface area contributed by atoms with E-state index in [-0.39, 0.29) is 18.9 Å². The lowest BCUT2D eigenvalue weighted by atomic mass is 9.99. The van der Waals surface area contributed by atoms with Gasteiger partial charge in [-0.15, -0.1) is 0 Å². The van der Waals surface area contributed by atoms with Crippen molar-refractivity contribution >= 4 is 5.91 Å². The van der Waals surface area contributed by atoms with E-state index in [2.05, 4.69) is 141 Å². The molecule has 66 heavy (non-hydrogen) atoms. The van der Waals surface area contributed by atoms with Gasteiger partial charge in [-0.05, 0) is 103 Å². The molecule has 0 aliphatic carbocycles. The zero-order chi connectivity index (χ0) is 48.0. The summed E-state index contributed by atoms with van der Waals surface area (Å²) in [6.45, 7) is 3.57. The van der Waals surface area contributed by atoms with Crippen LogP contribution < -0.4 is 5.32 Å². The molecule has 0 spiro atoms. The molecule has 0 radical (unpaired) electrons. The van der Waals surface area contributed by atoms with Crippen molar-refractivity contribution in [3.63, 3.8) is 0 Å². The minimum atomic E-state index is -1.59. The Morgan fingerprint density at radius 2 is 0.955 bits per heavy atom. The molecule has 0 aromatic carbocycles. The van der Waals surface area contributed by atoms with Gasteiger partial charge in [0.15, 0.2) is 6.29 Å². The largest absolute Gasteiger partial charge is 0.394 e. The second-order valence-electron chi connectivity index (χ2n) is 16.9. The number of ether oxygens (including phenoxy) is 2. The molecule has 1 saturated heterocycles. The van der Waals surface area contributed by atoms with Crippen molar-refractivity contribution in [3.05, 3.63) is 134 Å². The maximum atomic E-state index is 13.0. The van der Waals surface area contributed by atoms with E-state index in [0.717, 1.165) is 96.3 Å². The summed E-state index contributed by atoms with van der Waals surface area (Å²) in [6, 6.07) is -0.849. The highest BCUT2D eigenvalue weighted by Gasteiger charge is 2.44. The Balaban J connectivity index is 2.30. The first-order valence-corrected chi connectivity index (χ1v) is 25.4. The van der Waals surface area contributed by atoms with Gasteiger partial charge in [-0.2, -0.15) is 0 Å². The van der Waals surface area contributed by atoms with Crippen LogP contribution in [-0.2, 0) is 14.3 Å². The fourth-order valence-electron chi connectivity index (χ4n) is 6.93. The normalized spacial score (nSPS) is 21.0.